The molecule has 1 aromatic carbocycles. The minimum absolute atomic E-state index is 0.411. The van der Waals surface area contributed by atoms with Gasteiger partial charge in [-0.25, -0.2) is 9.79 Å². The number of rotatable bonds is 4. The van der Waals surface area contributed by atoms with E-state index in [1.54, 1.807) is 0 Å². The molecule has 0 saturated carbocycles. The molecular formula is C12H9BrCl2F3N3OS. The molecular weight excluding hydrogens is 442 g/mol. The number of hydrogen-bond donors (Lipinski definition) is 1. The summed E-state index contributed by atoms with van der Waals surface area (Å²) < 4.78 is 37.0. The van der Waals surface area contributed by atoms with Crippen LogP contribution in [0.5, 0.6) is 0 Å². The summed E-state index contributed by atoms with van der Waals surface area (Å²) in [6, 6.07) is 3.62. The number of halogens is 6. The number of thiocarbonyl (C=S) groups is 1. The van der Waals surface area contributed by atoms with E-state index in [-0.39, 0.29) is 0 Å². The number of anilines is 1. The zero-order valence-electron chi connectivity index (χ0n) is 11.4. The summed E-state index contributed by atoms with van der Waals surface area (Å²) in [5.41, 5.74) is -1.40. The lowest BCUT2D eigenvalue weighted by molar-refractivity contribution is -0.136. The van der Waals surface area contributed by atoms with Gasteiger partial charge < -0.3 is 10.2 Å². The molecule has 126 valence electrons. The van der Waals surface area contributed by atoms with Gasteiger partial charge in [-0.05, 0) is 40.3 Å². The molecule has 0 aliphatic heterocycles. The van der Waals surface area contributed by atoms with Crippen molar-refractivity contribution in [1.29, 1.82) is 0 Å². The van der Waals surface area contributed by atoms with E-state index in [1.807, 2.05) is 5.16 Å². The average molecular weight is 451 g/mol. The highest BCUT2D eigenvalue weighted by molar-refractivity contribution is 9.11. The van der Waals surface area contributed by atoms with Crippen molar-refractivity contribution < 1.29 is 18.0 Å². The number of aliphatic imine (C=N–C) groups is 1. The fraction of sp³-hybridized carbons (Fsp3) is 0.333. The molecule has 1 unspecified atom stereocenters. The Kier molecular flexibility index (Phi) is 6.85. The molecule has 0 spiro atoms. The highest BCUT2D eigenvalue weighted by Crippen LogP contribution is 2.37. The highest BCUT2D eigenvalue weighted by Gasteiger charge is 2.38. The van der Waals surface area contributed by atoms with Gasteiger partial charge in [0.05, 0.1) is 16.4 Å². The van der Waals surface area contributed by atoms with Gasteiger partial charge in [-0.2, -0.15) is 13.2 Å². The van der Waals surface area contributed by atoms with Crippen LogP contribution < -0.4 is 5.32 Å². The van der Waals surface area contributed by atoms with Crippen LogP contribution in [0.3, 0.4) is 0 Å². The number of para-hydroxylation sites is 1. The van der Waals surface area contributed by atoms with Crippen molar-refractivity contribution in [2.45, 2.75) is 15.6 Å². The molecule has 11 heteroatoms. The minimum atomic E-state index is -4.62. The van der Waals surface area contributed by atoms with E-state index in [0.29, 0.717) is 0 Å². The molecule has 1 atom stereocenters. The summed E-state index contributed by atoms with van der Waals surface area (Å²) in [7, 11) is 1.24. The molecule has 0 radical (unpaired) electrons. The maximum absolute atomic E-state index is 12.9. The van der Waals surface area contributed by atoms with Gasteiger partial charge in [0.25, 0.3) is 0 Å². The Morgan fingerprint density at radius 1 is 1.43 bits per heavy atom. The molecule has 0 bridgehead atoms. The summed E-state index contributed by atoms with van der Waals surface area (Å²) in [6.07, 6.45) is -5.83. The van der Waals surface area contributed by atoms with Crippen molar-refractivity contribution in [3.05, 3.63) is 29.8 Å². The molecule has 0 aliphatic rings. The molecule has 0 saturated heterocycles. The van der Waals surface area contributed by atoms with E-state index < -0.39 is 32.9 Å². The lowest BCUT2D eigenvalue weighted by atomic mass is 10.1. The Morgan fingerprint density at radius 2 is 2.00 bits per heavy atom. The highest BCUT2D eigenvalue weighted by atomic mass is 79.9. The van der Waals surface area contributed by atoms with E-state index in [1.165, 1.54) is 19.2 Å². The first-order valence-corrected chi connectivity index (χ1v) is 7.78. The molecule has 0 heterocycles. The summed E-state index contributed by atoms with van der Waals surface area (Å²) in [6.45, 7) is 0. The maximum Gasteiger partial charge on any atom is 0.418 e. The number of alkyl halides is 6. The smallest absolute Gasteiger partial charge is 0.307 e. The number of nitrogens with one attached hydrogen (secondary N) is 1. The Hall–Kier alpha value is -0.860. The second kappa shape index (κ2) is 7.81. The topological polar surface area (TPSA) is 44.7 Å². The normalized spacial score (nSPS) is 13.0. The predicted molar refractivity (Wildman–Crippen MR) is 90.4 cm³/mol. The van der Waals surface area contributed by atoms with Crippen molar-refractivity contribution in [2.24, 2.45) is 4.99 Å². The molecule has 2 amide bonds. The molecule has 1 aromatic rings. The van der Waals surface area contributed by atoms with Crippen LogP contribution in [0.15, 0.2) is 29.3 Å². The van der Waals surface area contributed by atoms with Crippen LogP contribution in [0.25, 0.3) is 0 Å². The quantitative estimate of drug-likeness (QED) is 0.393. The summed E-state index contributed by atoms with van der Waals surface area (Å²) in [4.78, 5) is 16.7. The number of nitrogens with zero attached hydrogens (tertiary/aromatic N) is 2. The largest absolute Gasteiger partial charge is 0.418 e. The van der Waals surface area contributed by atoms with Crippen molar-refractivity contribution in [3.63, 3.8) is 0 Å². The van der Waals surface area contributed by atoms with Crippen LogP contribution in [0.1, 0.15) is 5.56 Å². The molecule has 4 nitrogen and oxygen atoms in total. The van der Waals surface area contributed by atoms with Gasteiger partial charge in [0, 0.05) is 7.05 Å². The first kappa shape index (κ1) is 20.2. The first-order valence-electron chi connectivity index (χ1n) is 5.82. The zero-order valence-corrected chi connectivity index (χ0v) is 15.3. The Balaban J connectivity index is 3.07. The van der Waals surface area contributed by atoms with Crippen molar-refractivity contribution >= 4 is 68.2 Å². The van der Waals surface area contributed by atoms with Crippen molar-refractivity contribution in [1.82, 2.24) is 4.90 Å². The third kappa shape index (κ3) is 5.61. The lowest BCUT2D eigenvalue weighted by Crippen LogP contribution is -2.45. The monoisotopic (exact) mass is 449 g/mol. The summed E-state index contributed by atoms with van der Waals surface area (Å²) >= 11 is 19.0. The van der Waals surface area contributed by atoms with Gasteiger partial charge in [0.15, 0.2) is 6.17 Å². The van der Waals surface area contributed by atoms with Gasteiger partial charge in [0.2, 0.25) is 3.24 Å². The van der Waals surface area contributed by atoms with Gasteiger partial charge in [-0.1, -0.05) is 35.3 Å². The fourth-order valence-electron chi connectivity index (χ4n) is 1.58. The van der Waals surface area contributed by atoms with E-state index >= 15 is 0 Å². The number of carbonyl (C=O) groups excluding carboxylic acids is 1. The predicted octanol–water partition coefficient (Wildman–Crippen LogP) is 5.12. The SMILES string of the molecule is CN(C(=O)Nc1ccccc1C(F)(F)F)C(N=C=S)C(Cl)(Cl)Br. The van der Waals surface area contributed by atoms with Crippen LogP contribution in [0.2, 0.25) is 0 Å². The standard InChI is InChI=1S/C12H9BrCl2F3N3OS/c1-21(9(19-6-23)11(13,14)15)10(22)20-8-5-3-2-4-7(8)12(16,17)18/h2-5,9H,1H3,(H,20,22). The Bertz CT molecular complexity index is 633. The fourth-order valence-corrected chi connectivity index (χ4v) is 2.48. The van der Waals surface area contributed by atoms with Crippen LogP contribution >= 0.6 is 51.3 Å². The van der Waals surface area contributed by atoms with Crippen LogP contribution in [-0.2, 0) is 6.18 Å². The molecule has 1 rings (SSSR count). The first-order chi connectivity index (χ1) is 10.5. The molecule has 1 N–H and O–H groups in total. The lowest BCUT2D eigenvalue weighted by Gasteiger charge is -2.29. The van der Waals surface area contributed by atoms with Crippen LogP contribution in [0, 0.1) is 0 Å². The average Bonchev–Trinajstić information content (AvgIpc) is 2.42. The number of carbonyl (C=O) groups is 1. The summed E-state index contributed by atoms with van der Waals surface area (Å²) in [5.74, 6) is 0. The van der Waals surface area contributed by atoms with Crippen molar-refractivity contribution in [2.75, 3.05) is 12.4 Å². The number of isothiocyanates is 1. The number of amides is 2. The third-order valence-electron chi connectivity index (χ3n) is 2.63. The van der Waals surface area contributed by atoms with Gasteiger partial charge in [-0.3, -0.25) is 0 Å². The number of hydrogen-bond acceptors (Lipinski definition) is 3. The maximum atomic E-state index is 12.9. The molecule has 0 aromatic heterocycles. The van der Waals surface area contributed by atoms with E-state index in [4.69, 9.17) is 23.2 Å². The number of urea groups is 1. The molecule has 23 heavy (non-hydrogen) atoms. The minimum Gasteiger partial charge on any atom is -0.307 e. The van der Waals surface area contributed by atoms with Crippen LogP contribution in [-0.4, -0.2) is 32.5 Å². The van der Waals surface area contributed by atoms with E-state index in [0.717, 1.165) is 17.0 Å². The van der Waals surface area contributed by atoms with E-state index in [2.05, 4.69) is 38.5 Å². The van der Waals surface area contributed by atoms with Gasteiger partial charge >= 0.3 is 12.2 Å². The third-order valence-corrected chi connectivity index (χ3v) is 3.53. The zero-order chi connectivity index (χ0) is 17.8. The summed E-state index contributed by atoms with van der Waals surface area (Å²) in [5, 5.41) is 4.15. The van der Waals surface area contributed by atoms with Gasteiger partial charge in [0.1, 0.15) is 0 Å². The Labute approximate surface area is 153 Å². The Morgan fingerprint density at radius 3 is 2.48 bits per heavy atom. The van der Waals surface area contributed by atoms with Crippen LogP contribution in [0.4, 0.5) is 23.7 Å². The molecule has 0 aliphatic carbocycles. The number of benzene rings is 1. The molecule has 0 fully saturated rings. The second-order valence-electron chi connectivity index (χ2n) is 4.22. The second-order valence-corrected chi connectivity index (χ2v) is 7.95. The van der Waals surface area contributed by atoms with E-state index in [9.17, 15) is 18.0 Å². The van der Waals surface area contributed by atoms with Gasteiger partial charge in [-0.15, -0.1) is 0 Å². The van der Waals surface area contributed by atoms with Crippen molar-refractivity contribution in [3.8, 4) is 0 Å².